The molecule has 0 spiro atoms. The number of likely N-dealkylation sites (tertiary alicyclic amines) is 1. The lowest BCUT2D eigenvalue weighted by Crippen LogP contribution is -2.41. The lowest BCUT2D eigenvalue weighted by molar-refractivity contribution is 0.0841. The number of benzene rings is 1. The van der Waals surface area contributed by atoms with Crippen LogP contribution in [-0.4, -0.2) is 29.2 Å². The van der Waals surface area contributed by atoms with Crippen LogP contribution >= 0.6 is 22.6 Å². The molecule has 1 N–H and O–H groups in total. The molecule has 0 aliphatic carbocycles. The normalized spacial score (nSPS) is 22.2. The van der Waals surface area contributed by atoms with Crippen molar-refractivity contribution in [1.29, 1.82) is 0 Å². The van der Waals surface area contributed by atoms with Crippen molar-refractivity contribution < 1.29 is 5.11 Å². The second kappa shape index (κ2) is 5.98. The van der Waals surface area contributed by atoms with Gasteiger partial charge in [-0.15, -0.1) is 0 Å². The van der Waals surface area contributed by atoms with Crippen molar-refractivity contribution in [3.05, 3.63) is 33.4 Å². The highest BCUT2D eigenvalue weighted by atomic mass is 127. The molecular weight excluding hydrogens is 313 g/mol. The Balaban J connectivity index is 1.99. The number of rotatable bonds is 3. The summed E-state index contributed by atoms with van der Waals surface area (Å²) in [6, 6.07) is 9.03. The number of hydrogen-bond acceptors (Lipinski definition) is 2. The predicted octanol–water partition coefficient (Wildman–Crippen LogP) is 2.64. The summed E-state index contributed by atoms with van der Waals surface area (Å²) in [5.41, 5.74) is 1.35. The van der Waals surface area contributed by atoms with Crippen LogP contribution in [0.5, 0.6) is 0 Å². The smallest absolute Gasteiger partial charge is 0.0586 e. The highest BCUT2D eigenvalue weighted by molar-refractivity contribution is 14.1. The molecule has 3 heteroatoms. The number of aliphatic hydroxyl groups is 1. The first-order valence-electron chi connectivity index (χ1n) is 5.89. The second-order valence-corrected chi connectivity index (χ2v) is 5.67. The zero-order valence-corrected chi connectivity index (χ0v) is 11.6. The van der Waals surface area contributed by atoms with E-state index in [1.54, 1.807) is 0 Å². The number of nitrogens with zero attached hydrogens (tertiary/aromatic N) is 1. The summed E-state index contributed by atoms with van der Waals surface area (Å²) in [5, 5.41) is 9.34. The van der Waals surface area contributed by atoms with E-state index in [9.17, 15) is 5.11 Å². The molecule has 1 aliphatic rings. The van der Waals surface area contributed by atoms with Gasteiger partial charge < -0.3 is 5.11 Å². The van der Waals surface area contributed by atoms with Gasteiger partial charge in [0.25, 0.3) is 0 Å². The highest BCUT2D eigenvalue weighted by Crippen LogP contribution is 2.19. The van der Waals surface area contributed by atoms with E-state index in [0.717, 1.165) is 19.5 Å². The van der Waals surface area contributed by atoms with Crippen LogP contribution in [0.25, 0.3) is 0 Å². The molecule has 0 radical (unpaired) electrons. The van der Waals surface area contributed by atoms with Gasteiger partial charge in [-0.1, -0.05) is 18.6 Å². The molecule has 1 fully saturated rings. The molecule has 16 heavy (non-hydrogen) atoms. The van der Waals surface area contributed by atoms with Gasteiger partial charge in [0.2, 0.25) is 0 Å². The topological polar surface area (TPSA) is 23.5 Å². The number of hydrogen-bond donors (Lipinski definition) is 1. The Bertz CT molecular complexity index is 325. The van der Waals surface area contributed by atoms with Gasteiger partial charge in [-0.3, -0.25) is 4.90 Å². The predicted molar refractivity (Wildman–Crippen MR) is 74.3 cm³/mol. The standard InChI is InChI=1S/C13H18INO/c14-12-6-4-11(5-7-12)9-15-8-2-1-3-13(15)10-16/h4-7,13,16H,1-3,8-10H2. The van der Waals surface area contributed by atoms with Crippen LogP contribution in [0.2, 0.25) is 0 Å². The number of aliphatic hydroxyl groups excluding tert-OH is 1. The zero-order chi connectivity index (χ0) is 11.4. The Morgan fingerprint density at radius 1 is 1.25 bits per heavy atom. The van der Waals surface area contributed by atoms with Crippen LogP contribution in [-0.2, 0) is 6.54 Å². The fourth-order valence-corrected chi connectivity index (χ4v) is 2.66. The van der Waals surface area contributed by atoms with Crippen LogP contribution in [0.4, 0.5) is 0 Å². The van der Waals surface area contributed by atoms with Gasteiger partial charge in [0.1, 0.15) is 0 Å². The average molecular weight is 331 g/mol. The molecule has 2 rings (SSSR count). The molecule has 1 unspecified atom stereocenters. The Kier molecular flexibility index (Phi) is 4.61. The van der Waals surface area contributed by atoms with E-state index in [-0.39, 0.29) is 0 Å². The maximum atomic E-state index is 9.34. The summed E-state index contributed by atoms with van der Waals surface area (Å²) in [6.45, 7) is 2.39. The summed E-state index contributed by atoms with van der Waals surface area (Å²) in [5.74, 6) is 0. The van der Waals surface area contributed by atoms with Gasteiger partial charge in [-0.05, 0) is 59.7 Å². The summed E-state index contributed by atoms with van der Waals surface area (Å²) < 4.78 is 1.28. The first-order chi connectivity index (χ1) is 7.79. The molecule has 88 valence electrons. The van der Waals surface area contributed by atoms with Gasteiger partial charge in [0, 0.05) is 16.2 Å². The van der Waals surface area contributed by atoms with E-state index in [0.29, 0.717) is 12.6 Å². The van der Waals surface area contributed by atoms with Gasteiger partial charge in [-0.25, -0.2) is 0 Å². The van der Waals surface area contributed by atoms with Gasteiger partial charge in [0.05, 0.1) is 6.61 Å². The minimum absolute atomic E-state index is 0.296. The van der Waals surface area contributed by atoms with Crippen molar-refractivity contribution in [1.82, 2.24) is 4.90 Å². The highest BCUT2D eigenvalue weighted by Gasteiger charge is 2.21. The second-order valence-electron chi connectivity index (χ2n) is 4.43. The first kappa shape index (κ1) is 12.3. The third kappa shape index (κ3) is 3.18. The summed E-state index contributed by atoms with van der Waals surface area (Å²) >= 11 is 2.33. The molecule has 1 aliphatic heterocycles. The molecule has 1 aromatic carbocycles. The van der Waals surface area contributed by atoms with Crippen molar-refractivity contribution in [2.75, 3.05) is 13.2 Å². The molecule has 1 atom stereocenters. The van der Waals surface area contributed by atoms with Crippen LogP contribution in [0.1, 0.15) is 24.8 Å². The molecule has 0 aromatic heterocycles. The fourth-order valence-electron chi connectivity index (χ4n) is 2.30. The van der Waals surface area contributed by atoms with Crippen molar-refractivity contribution in [3.8, 4) is 0 Å². The summed E-state index contributed by atoms with van der Waals surface area (Å²) in [6.07, 6.45) is 3.66. The molecule has 0 bridgehead atoms. The Labute approximate surface area is 111 Å². The van der Waals surface area contributed by atoms with E-state index in [1.165, 1.54) is 22.0 Å². The maximum Gasteiger partial charge on any atom is 0.0586 e. The van der Waals surface area contributed by atoms with Gasteiger partial charge in [-0.2, -0.15) is 0 Å². The van der Waals surface area contributed by atoms with E-state index < -0.39 is 0 Å². The third-order valence-electron chi connectivity index (χ3n) is 3.26. The Morgan fingerprint density at radius 2 is 2.00 bits per heavy atom. The molecule has 1 aromatic rings. The van der Waals surface area contributed by atoms with E-state index in [1.807, 2.05) is 0 Å². The van der Waals surface area contributed by atoms with Gasteiger partial charge in [0.15, 0.2) is 0 Å². The quantitative estimate of drug-likeness (QED) is 0.861. The van der Waals surface area contributed by atoms with Crippen LogP contribution < -0.4 is 0 Å². The lowest BCUT2D eigenvalue weighted by Gasteiger charge is -2.34. The Hall–Kier alpha value is -0.130. The van der Waals surface area contributed by atoms with E-state index >= 15 is 0 Å². The molecule has 0 saturated carbocycles. The van der Waals surface area contributed by atoms with E-state index in [2.05, 4.69) is 51.8 Å². The van der Waals surface area contributed by atoms with Crippen molar-refractivity contribution in [2.45, 2.75) is 31.8 Å². The number of piperidine rings is 1. The van der Waals surface area contributed by atoms with Crippen molar-refractivity contribution >= 4 is 22.6 Å². The molecule has 1 heterocycles. The molecular formula is C13H18INO. The first-order valence-corrected chi connectivity index (χ1v) is 6.97. The summed E-state index contributed by atoms with van der Waals surface area (Å²) in [4.78, 5) is 2.41. The zero-order valence-electron chi connectivity index (χ0n) is 9.40. The SMILES string of the molecule is OCC1CCCCN1Cc1ccc(I)cc1. The molecule has 0 amide bonds. The van der Waals surface area contributed by atoms with Crippen LogP contribution in [0.3, 0.4) is 0 Å². The average Bonchev–Trinajstić information content (AvgIpc) is 2.33. The maximum absolute atomic E-state index is 9.34. The summed E-state index contributed by atoms with van der Waals surface area (Å²) in [7, 11) is 0. The minimum Gasteiger partial charge on any atom is -0.395 e. The van der Waals surface area contributed by atoms with Crippen LogP contribution in [0, 0.1) is 3.57 Å². The largest absolute Gasteiger partial charge is 0.395 e. The monoisotopic (exact) mass is 331 g/mol. The van der Waals surface area contributed by atoms with Gasteiger partial charge >= 0.3 is 0 Å². The molecule has 1 saturated heterocycles. The fraction of sp³-hybridized carbons (Fsp3) is 0.538. The molecule has 2 nitrogen and oxygen atoms in total. The van der Waals surface area contributed by atoms with Crippen LogP contribution in [0.15, 0.2) is 24.3 Å². The minimum atomic E-state index is 0.296. The van der Waals surface area contributed by atoms with E-state index in [4.69, 9.17) is 0 Å². The lowest BCUT2D eigenvalue weighted by atomic mass is 10.0. The van der Waals surface area contributed by atoms with Crippen molar-refractivity contribution in [2.24, 2.45) is 0 Å². The number of halogens is 1. The third-order valence-corrected chi connectivity index (χ3v) is 3.98. The van der Waals surface area contributed by atoms with Crippen molar-refractivity contribution in [3.63, 3.8) is 0 Å². The Morgan fingerprint density at radius 3 is 2.69 bits per heavy atom.